The van der Waals surface area contributed by atoms with Gasteiger partial charge in [0.15, 0.2) is 0 Å². The van der Waals surface area contributed by atoms with Crippen molar-refractivity contribution >= 4 is 20.5 Å². The predicted octanol–water partition coefficient (Wildman–Crippen LogP) is 5.00. The van der Waals surface area contributed by atoms with Gasteiger partial charge in [-0.25, -0.2) is 14.3 Å². The lowest BCUT2D eigenvalue weighted by Crippen LogP contribution is -2.33. The van der Waals surface area contributed by atoms with Crippen LogP contribution in [-0.2, 0) is 28.5 Å². The van der Waals surface area contributed by atoms with Crippen LogP contribution in [0.25, 0.3) is 0 Å². The average Bonchev–Trinajstić information content (AvgIpc) is 2.69. The molecule has 0 aliphatic carbocycles. The highest BCUT2D eigenvalue weighted by atomic mass is 31.2. The second kappa shape index (κ2) is 12.7. The molecule has 0 aliphatic heterocycles. The zero-order valence-electron chi connectivity index (χ0n) is 19.1. The molecule has 1 aromatic carbocycles. The van der Waals surface area contributed by atoms with Crippen LogP contribution >= 0.6 is 8.53 Å². The first-order valence-corrected chi connectivity index (χ1v) is 11.6. The van der Waals surface area contributed by atoms with Crippen LogP contribution in [-0.4, -0.2) is 45.5 Å². The van der Waals surface area contributed by atoms with Gasteiger partial charge >= 0.3 is 11.9 Å². The van der Waals surface area contributed by atoms with E-state index in [1.165, 1.54) is 6.07 Å². The number of aromatic carboxylic acids is 2. The highest BCUT2D eigenvalue weighted by Crippen LogP contribution is 2.47. The van der Waals surface area contributed by atoms with Crippen LogP contribution in [0.15, 0.2) is 6.07 Å². The molecule has 1 atom stereocenters. The molecule has 0 heterocycles. The molecule has 0 bridgehead atoms. The highest BCUT2D eigenvalue weighted by molar-refractivity contribution is 7.44. The van der Waals surface area contributed by atoms with Crippen molar-refractivity contribution in [2.75, 3.05) is 6.61 Å². The summed E-state index contributed by atoms with van der Waals surface area (Å²) in [6.45, 7) is 11.9. The number of hydrogen-bond donors (Lipinski definition) is 2. The van der Waals surface area contributed by atoms with E-state index in [1.54, 1.807) is 6.92 Å². The maximum atomic E-state index is 12.0. The van der Waals surface area contributed by atoms with E-state index in [1.807, 2.05) is 40.7 Å². The van der Waals surface area contributed by atoms with Gasteiger partial charge in [-0.15, -0.1) is 0 Å². The first-order chi connectivity index (χ1) is 14.6. The molecule has 0 saturated carbocycles. The molecule has 9 heteroatoms. The van der Waals surface area contributed by atoms with Gasteiger partial charge in [-0.3, -0.25) is 0 Å². The molecule has 172 valence electrons. The van der Waals surface area contributed by atoms with E-state index in [4.69, 9.17) is 14.3 Å². The van der Waals surface area contributed by atoms with Crippen molar-refractivity contribution < 1.29 is 28.8 Å². The van der Waals surface area contributed by atoms with E-state index in [2.05, 4.69) is 4.67 Å². The van der Waals surface area contributed by atoms with Gasteiger partial charge < -0.3 is 19.3 Å². The number of nitrogens with zero attached hydrogens (tertiary/aromatic N) is 2. The molecule has 0 radical (unpaired) electrons. The van der Waals surface area contributed by atoms with Crippen LogP contribution in [0.5, 0.6) is 0 Å². The lowest BCUT2D eigenvalue weighted by atomic mass is 9.89. The summed E-state index contributed by atoms with van der Waals surface area (Å²) in [7, 11) is -1.53. The van der Waals surface area contributed by atoms with Gasteiger partial charge in [-0.1, -0.05) is 13.8 Å². The number of carboxylic acid groups (broad SMARTS) is 2. The van der Waals surface area contributed by atoms with Crippen molar-refractivity contribution in [2.24, 2.45) is 0 Å². The van der Waals surface area contributed by atoms with Crippen LogP contribution in [0.3, 0.4) is 0 Å². The number of hydrogen-bond acceptors (Lipinski definition) is 6. The minimum atomic E-state index is -1.53. The van der Waals surface area contributed by atoms with E-state index in [9.17, 15) is 19.8 Å². The molecule has 2 N–H and O–H groups in total. The summed E-state index contributed by atoms with van der Waals surface area (Å²) in [6, 6.07) is 3.80. The Morgan fingerprint density at radius 3 is 2.06 bits per heavy atom. The van der Waals surface area contributed by atoms with Crippen molar-refractivity contribution in [3.63, 3.8) is 0 Å². The summed E-state index contributed by atoms with van der Waals surface area (Å²) in [5.41, 5.74) is 1.44. The summed E-state index contributed by atoms with van der Waals surface area (Å²) in [5, 5.41) is 28.3. The quantitative estimate of drug-likeness (QED) is 0.317. The highest BCUT2D eigenvalue weighted by Gasteiger charge is 2.29. The lowest BCUT2D eigenvalue weighted by molar-refractivity contribution is 0.0694. The van der Waals surface area contributed by atoms with Crippen molar-refractivity contribution in [3.05, 3.63) is 33.9 Å². The third-order valence-electron chi connectivity index (χ3n) is 4.78. The fourth-order valence-electron chi connectivity index (χ4n) is 3.61. The Balaban J connectivity index is 3.41. The fourth-order valence-corrected chi connectivity index (χ4v) is 5.21. The van der Waals surface area contributed by atoms with Crippen LogP contribution in [0.4, 0.5) is 0 Å². The molecule has 0 amide bonds. The van der Waals surface area contributed by atoms with Gasteiger partial charge in [-0.05, 0) is 63.3 Å². The fraction of sp³-hybridized carbons (Fsp3) is 0.591. The van der Waals surface area contributed by atoms with E-state index < -0.39 is 20.5 Å². The van der Waals surface area contributed by atoms with Gasteiger partial charge in [-0.2, -0.15) is 5.26 Å². The Kier molecular flexibility index (Phi) is 11.1. The first kappa shape index (κ1) is 27.0. The minimum Gasteiger partial charge on any atom is -0.478 e. The summed E-state index contributed by atoms with van der Waals surface area (Å²) < 4.78 is 14.1. The van der Waals surface area contributed by atoms with Crippen molar-refractivity contribution in [1.82, 2.24) is 4.67 Å². The number of rotatable bonds is 13. The predicted molar refractivity (Wildman–Crippen MR) is 119 cm³/mol. The molecule has 1 unspecified atom stereocenters. The van der Waals surface area contributed by atoms with Crippen LogP contribution in [0, 0.1) is 11.3 Å². The third kappa shape index (κ3) is 6.98. The van der Waals surface area contributed by atoms with Gasteiger partial charge in [0, 0.05) is 12.1 Å². The van der Waals surface area contributed by atoms with Crippen LogP contribution in [0.1, 0.15) is 85.4 Å². The van der Waals surface area contributed by atoms with Gasteiger partial charge in [0.05, 0.1) is 36.8 Å². The Morgan fingerprint density at radius 1 is 1.06 bits per heavy atom. The lowest BCUT2D eigenvalue weighted by Gasteiger charge is -2.35. The molecule has 0 aliphatic rings. The van der Waals surface area contributed by atoms with Crippen molar-refractivity contribution in [2.45, 2.75) is 79.5 Å². The Labute approximate surface area is 185 Å². The number of carbonyl (C=O) groups is 2. The van der Waals surface area contributed by atoms with Crippen LogP contribution < -0.4 is 0 Å². The smallest absolute Gasteiger partial charge is 0.336 e. The molecule has 0 saturated heterocycles. The Hall–Kier alpha value is -2.04. The van der Waals surface area contributed by atoms with E-state index in [0.29, 0.717) is 29.5 Å². The SMILES string of the molecule is CCc1c(COP(OCCC#N)N(C(C)C)C(C)C)cc(C(=O)O)c(CC)c1C(=O)O. The summed E-state index contributed by atoms with van der Waals surface area (Å²) in [6.07, 6.45) is 0.957. The number of benzene rings is 1. The molecule has 0 fully saturated rings. The first-order valence-electron chi connectivity index (χ1n) is 10.5. The summed E-state index contributed by atoms with van der Waals surface area (Å²) in [4.78, 5) is 23.8. The maximum Gasteiger partial charge on any atom is 0.336 e. The topological polar surface area (TPSA) is 120 Å². The maximum absolute atomic E-state index is 12.0. The third-order valence-corrected chi connectivity index (χ3v) is 6.83. The Morgan fingerprint density at radius 2 is 1.65 bits per heavy atom. The molecule has 0 spiro atoms. The standard InChI is InChI=1S/C22H33N2O6P/c1-7-17-16(12-19(21(25)26)18(8-2)20(17)22(27)28)13-30-31(29-11-9-10-23)24(14(3)4)15(5)6/h12,14-15H,7-9,11,13H2,1-6H3,(H,25,26)(H,27,28). The molecule has 1 rings (SSSR count). The molecule has 1 aromatic rings. The minimum absolute atomic E-state index is 0.0158. The number of nitriles is 1. The van der Waals surface area contributed by atoms with Gasteiger partial charge in [0.1, 0.15) is 0 Å². The summed E-state index contributed by atoms with van der Waals surface area (Å²) in [5.74, 6) is -2.31. The van der Waals surface area contributed by atoms with E-state index in [-0.39, 0.29) is 42.8 Å². The Bertz CT molecular complexity index is 811. The zero-order chi connectivity index (χ0) is 23.7. The van der Waals surface area contributed by atoms with Gasteiger partial charge in [0.2, 0.25) is 0 Å². The second-order valence-corrected chi connectivity index (χ2v) is 9.01. The molecule has 0 aromatic heterocycles. The molecular weight excluding hydrogens is 419 g/mol. The zero-order valence-corrected chi connectivity index (χ0v) is 20.0. The normalized spacial score (nSPS) is 12.4. The molecule has 31 heavy (non-hydrogen) atoms. The summed E-state index contributed by atoms with van der Waals surface area (Å²) >= 11 is 0. The molecule has 8 nitrogen and oxygen atoms in total. The number of carboxylic acids is 2. The monoisotopic (exact) mass is 452 g/mol. The largest absolute Gasteiger partial charge is 0.478 e. The average molecular weight is 452 g/mol. The van der Waals surface area contributed by atoms with Crippen LogP contribution in [0.2, 0.25) is 0 Å². The van der Waals surface area contributed by atoms with E-state index in [0.717, 1.165) is 0 Å². The van der Waals surface area contributed by atoms with E-state index >= 15 is 0 Å². The second-order valence-electron chi connectivity index (χ2n) is 7.55. The van der Waals surface area contributed by atoms with Gasteiger partial charge in [0.25, 0.3) is 8.53 Å². The van der Waals surface area contributed by atoms with Crippen molar-refractivity contribution in [1.29, 1.82) is 5.26 Å². The molecular formula is C22H33N2O6P. The van der Waals surface area contributed by atoms with Crippen molar-refractivity contribution in [3.8, 4) is 6.07 Å².